The van der Waals surface area contributed by atoms with Gasteiger partial charge in [-0.3, -0.25) is 9.59 Å². The lowest BCUT2D eigenvalue weighted by molar-refractivity contribution is 0.102. The Labute approximate surface area is 140 Å². The number of anilines is 1. The molecule has 122 valence electrons. The highest BCUT2D eigenvalue weighted by atomic mass is 16.2. The van der Waals surface area contributed by atoms with Crippen molar-refractivity contribution in [2.45, 2.75) is 26.2 Å². The van der Waals surface area contributed by atoms with Crippen molar-refractivity contribution in [1.29, 1.82) is 0 Å². The molecule has 0 aliphatic heterocycles. The quantitative estimate of drug-likeness (QED) is 0.747. The zero-order valence-electron chi connectivity index (χ0n) is 14.0. The van der Waals surface area contributed by atoms with Crippen LogP contribution >= 0.6 is 0 Å². The summed E-state index contributed by atoms with van der Waals surface area (Å²) in [5.41, 5.74) is 2.69. The summed E-state index contributed by atoms with van der Waals surface area (Å²) in [4.78, 5) is 27.1. The van der Waals surface area contributed by atoms with E-state index < -0.39 is 0 Å². The van der Waals surface area contributed by atoms with Gasteiger partial charge in [0.1, 0.15) is 0 Å². The molecular formula is C20H20N2O2. The average molecular weight is 320 g/mol. The van der Waals surface area contributed by atoms with Crippen molar-refractivity contribution >= 4 is 22.5 Å². The van der Waals surface area contributed by atoms with E-state index in [-0.39, 0.29) is 16.9 Å². The summed E-state index contributed by atoms with van der Waals surface area (Å²) < 4.78 is 0. The first kappa shape index (κ1) is 16.0. The van der Waals surface area contributed by atoms with Crippen LogP contribution in [0.2, 0.25) is 0 Å². The van der Waals surface area contributed by atoms with E-state index in [1.54, 1.807) is 6.07 Å². The lowest BCUT2D eigenvalue weighted by atomic mass is 9.87. The molecule has 0 fully saturated rings. The zero-order valence-corrected chi connectivity index (χ0v) is 14.0. The maximum Gasteiger partial charge on any atom is 0.256 e. The largest absolute Gasteiger partial charge is 0.322 e. The maximum atomic E-state index is 12.6. The van der Waals surface area contributed by atoms with Crippen LogP contribution in [0.1, 0.15) is 36.7 Å². The normalized spacial score (nSPS) is 11.5. The Hall–Kier alpha value is -2.88. The van der Waals surface area contributed by atoms with Crippen LogP contribution < -0.4 is 10.9 Å². The maximum absolute atomic E-state index is 12.6. The predicted molar refractivity (Wildman–Crippen MR) is 97.7 cm³/mol. The molecule has 0 saturated heterocycles. The molecule has 1 aromatic heterocycles. The van der Waals surface area contributed by atoms with E-state index in [2.05, 4.69) is 31.1 Å². The van der Waals surface area contributed by atoms with Gasteiger partial charge in [-0.25, -0.2) is 0 Å². The van der Waals surface area contributed by atoms with E-state index >= 15 is 0 Å². The predicted octanol–water partition coefficient (Wildman–Crippen LogP) is 4.08. The Balaban J connectivity index is 1.92. The summed E-state index contributed by atoms with van der Waals surface area (Å²) in [7, 11) is 0. The van der Waals surface area contributed by atoms with E-state index in [1.165, 1.54) is 11.6 Å². The Morgan fingerprint density at radius 2 is 1.67 bits per heavy atom. The van der Waals surface area contributed by atoms with Crippen molar-refractivity contribution in [2.75, 3.05) is 5.32 Å². The number of carbonyl (C=O) groups is 1. The molecule has 0 bridgehead atoms. The number of amides is 1. The Morgan fingerprint density at radius 3 is 2.33 bits per heavy atom. The fraction of sp³-hybridized carbons (Fsp3) is 0.200. The van der Waals surface area contributed by atoms with Gasteiger partial charge in [0.05, 0.1) is 5.56 Å². The number of carbonyl (C=O) groups excluding carboxylic acids is 1. The number of rotatable bonds is 2. The van der Waals surface area contributed by atoms with Gasteiger partial charge in [-0.2, -0.15) is 0 Å². The molecule has 0 saturated carbocycles. The monoisotopic (exact) mass is 320 g/mol. The Bertz CT molecular complexity index is 948. The molecular weight excluding hydrogens is 300 g/mol. The minimum absolute atomic E-state index is 0.0610. The van der Waals surface area contributed by atoms with Gasteiger partial charge in [-0.15, -0.1) is 0 Å². The minimum Gasteiger partial charge on any atom is -0.322 e. The summed E-state index contributed by atoms with van der Waals surface area (Å²) in [5.74, 6) is -0.291. The lowest BCUT2D eigenvalue weighted by Crippen LogP contribution is -2.17. The van der Waals surface area contributed by atoms with E-state index in [0.717, 1.165) is 5.39 Å². The van der Waals surface area contributed by atoms with Gasteiger partial charge in [0.15, 0.2) is 0 Å². The van der Waals surface area contributed by atoms with E-state index in [1.807, 2.05) is 42.5 Å². The van der Waals surface area contributed by atoms with Crippen LogP contribution in [0.15, 0.2) is 59.4 Å². The average Bonchev–Trinajstić information content (AvgIpc) is 2.53. The fourth-order valence-corrected chi connectivity index (χ4v) is 2.64. The van der Waals surface area contributed by atoms with Crippen LogP contribution in [0.3, 0.4) is 0 Å². The summed E-state index contributed by atoms with van der Waals surface area (Å²) in [6.45, 7) is 6.43. The van der Waals surface area contributed by atoms with Crippen LogP contribution in [-0.4, -0.2) is 10.9 Å². The minimum atomic E-state index is -0.291. The van der Waals surface area contributed by atoms with Gasteiger partial charge in [0.25, 0.3) is 5.91 Å². The first-order valence-corrected chi connectivity index (χ1v) is 7.88. The smallest absolute Gasteiger partial charge is 0.256 e. The van der Waals surface area contributed by atoms with E-state index in [4.69, 9.17) is 0 Å². The molecule has 0 aliphatic carbocycles. The number of nitrogens with one attached hydrogen (secondary N) is 2. The zero-order chi connectivity index (χ0) is 17.3. The molecule has 24 heavy (non-hydrogen) atoms. The molecule has 3 aromatic rings. The topological polar surface area (TPSA) is 62.0 Å². The van der Waals surface area contributed by atoms with Gasteiger partial charge in [-0.05, 0) is 29.2 Å². The number of benzene rings is 2. The number of fused-ring (bicyclic) bond motifs is 1. The molecule has 0 aliphatic rings. The van der Waals surface area contributed by atoms with Crippen LogP contribution in [0.25, 0.3) is 10.9 Å². The first-order chi connectivity index (χ1) is 11.3. The molecule has 2 aromatic carbocycles. The van der Waals surface area contributed by atoms with Crippen molar-refractivity contribution < 1.29 is 4.79 Å². The summed E-state index contributed by atoms with van der Waals surface area (Å²) in [5, 5.41) is 3.59. The Morgan fingerprint density at radius 1 is 1.00 bits per heavy atom. The molecule has 0 unspecified atom stereocenters. The summed E-state index contributed by atoms with van der Waals surface area (Å²) >= 11 is 0. The molecule has 0 radical (unpaired) electrons. The van der Waals surface area contributed by atoms with Gasteiger partial charge in [-0.1, -0.05) is 51.1 Å². The standard InChI is InChI=1S/C20H20N2O2/c1-20(2,3)13-8-10-14(11-9-13)21-19(24)16-12-18(23)22-17-7-5-4-6-15(16)17/h4-12H,1-3H3,(H,21,24)(H,22,23). The number of hydrogen-bond acceptors (Lipinski definition) is 2. The van der Waals surface area contributed by atoms with Gasteiger partial charge in [0.2, 0.25) is 5.56 Å². The lowest BCUT2D eigenvalue weighted by Gasteiger charge is -2.19. The van der Waals surface area contributed by atoms with Crippen molar-refractivity contribution in [3.63, 3.8) is 0 Å². The molecule has 4 heteroatoms. The number of pyridine rings is 1. The third-order valence-corrected chi connectivity index (χ3v) is 4.00. The van der Waals surface area contributed by atoms with Crippen molar-refractivity contribution in [3.05, 3.63) is 76.1 Å². The van der Waals surface area contributed by atoms with E-state index in [0.29, 0.717) is 16.8 Å². The highest BCUT2D eigenvalue weighted by Crippen LogP contribution is 2.24. The number of para-hydroxylation sites is 1. The second-order valence-corrected chi connectivity index (χ2v) is 6.87. The first-order valence-electron chi connectivity index (χ1n) is 7.88. The highest BCUT2D eigenvalue weighted by Gasteiger charge is 2.15. The third-order valence-electron chi connectivity index (χ3n) is 4.00. The molecule has 0 spiro atoms. The molecule has 4 nitrogen and oxygen atoms in total. The Kier molecular flexibility index (Phi) is 3.97. The van der Waals surface area contributed by atoms with Gasteiger partial charge in [0, 0.05) is 22.7 Å². The van der Waals surface area contributed by atoms with Crippen LogP contribution in [0.4, 0.5) is 5.69 Å². The van der Waals surface area contributed by atoms with E-state index in [9.17, 15) is 9.59 Å². The molecule has 2 N–H and O–H groups in total. The molecule has 1 amide bonds. The SMILES string of the molecule is CC(C)(C)c1ccc(NC(=O)c2cc(=O)[nH]c3ccccc23)cc1. The fourth-order valence-electron chi connectivity index (χ4n) is 2.64. The molecule has 1 heterocycles. The van der Waals surface area contributed by atoms with Gasteiger partial charge < -0.3 is 10.3 Å². The van der Waals surface area contributed by atoms with Crippen molar-refractivity contribution in [3.8, 4) is 0 Å². The number of hydrogen-bond donors (Lipinski definition) is 2. The molecule has 0 atom stereocenters. The summed E-state index contributed by atoms with van der Waals surface area (Å²) in [6, 6.07) is 16.4. The highest BCUT2D eigenvalue weighted by molar-refractivity contribution is 6.12. The van der Waals surface area contributed by atoms with Crippen LogP contribution in [-0.2, 0) is 5.41 Å². The second kappa shape index (κ2) is 5.96. The molecule has 3 rings (SSSR count). The van der Waals surface area contributed by atoms with Crippen molar-refractivity contribution in [1.82, 2.24) is 4.98 Å². The summed E-state index contributed by atoms with van der Waals surface area (Å²) in [6.07, 6.45) is 0. The third kappa shape index (κ3) is 3.23. The number of aromatic amines is 1. The van der Waals surface area contributed by atoms with Crippen LogP contribution in [0.5, 0.6) is 0 Å². The number of aromatic nitrogens is 1. The van der Waals surface area contributed by atoms with Gasteiger partial charge >= 0.3 is 0 Å². The van der Waals surface area contributed by atoms with Crippen molar-refractivity contribution in [2.24, 2.45) is 0 Å². The number of H-pyrrole nitrogens is 1. The van der Waals surface area contributed by atoms with Crippen LogP contribution in [0, 0.1) is 0 Å². The second-order valence-electron chi connectivity index (χ2n) is 6.87.